The molecule has 22 heavy (non-hydrogen) atoms. The summed E-state index contributed by atoms with van der Waals surface area (Å²) in [5, 5.41) is 0. The first-order valence-corrected chi connectivity index (χ1v) is 7.82. The Bertz CT molecular complexity index is 470. The number of likely N-dealkylation sites (tertiary alicyclic amines) is 1. The summed E-state index contributed by atoms with van der Waals surface area (Å²) in [5.74, 6) is 1.65. The van der Waals surface area contributed by atoms with Crippen LogP contribution in [0.15, 0.2) is 18.2 Å². The molecule has 4 nitrogen and oxygen atoms in total. The molecule has 0 spiro atoms. The zero-order valence-electron chi connectivity index (χ0n) is 13.9. The first kappa shape index (κ1) is 19.1. The van der Waals surface area contributed by atoms with Gasteiger partial charge in [0.25, 0.3) is 0 Å². The third-order valence-electron chi connectivity index (χ3n) is 4.23. The molecule has 5 heteroatoms. The highest BCUT2D eigenvalue weighted by atomic mass is 35.5. The van der Waals surface area contributed by atoms with Gasteiger partial charge in [0.15, 0.2) is 11.5 Å². The molecule has 2 N–H and O–H groups in total. The van der Waals surface area contributed by atoms with Crippen molar-refractivity contribution in [2.45, 2.75) is 33.2 Å². The highest BCUT2D eigenvalue weighted by Gasteiger charge is 2.32. The van der Waals surface area contributed by atoms with E-state index in [0.29, 0.717) is 0 Å². The number of hydrogen-bond donors (Lipinski definition) is 1. The van der Waals surface area contributed by atoms with Gasteiger partial charge in [0.1, 0.15) is 0 Å². The molecule has 0 amide bonds. The van der Waals surface area contributed by atoms with Crippen molar-refractivity contribution in [3.05, 3.63) is 23.8 Å². The van der Waals surface area contributed by atoms with Crippen molar-refractivity contribution in [2.75, 3.05) is 33.4 Å². The Kier molecular flexibility index (Phi) is 7.46. The molecule has 126 valence electrons. The number of benzene rings is 1. The SMILES string of the molecule is CCCOc1cc(CN2CCC(C)(CN)C2)ccc1OC.Cl. The van der Waals surface area contributed by atoms with Crippen LogP contribution in [0.3, 0.4) is 0 Å². The largest absolute Gasteiger partial charge is 0.493 e. The highest BCUT2D eigenvalue weighted by molar-refractivity contribution is 5.85. The Morgan fingerprint density at radius 1 is 1.32 bits per heavy atom. The van der Waals surface area contributed by atoms with E-state index in [1.54, 1.807) is 7.11 Å². The topological polar surface area (TPSA) is 47.7 Å². The first-order chi connectivity index (χ1) is 10.1. The van der Waals surface area contributed by atoms with Gasteiger partial charge in [0.05, 0.1) is 13.7 Å². The summed E-state index contributed by atoms with van der Waals surface area (Å²) in [6, 6.07) is 6.22. The van der Waals surface area contributed by atoms with Crippen molar-refractivity contribution in [1.29, 1.82) is 0 Å². The monoisotopic (exact) mass is 328 g/mol. The van der Waals surface area contributed by atoms with Crippen LogP contribution in [0.5, 0.6) is 11.5 Å². The van der Waals surface area contributed by atoms with E-state index in [0.717, 1.165) is 50.7 Å². The number of ether oxygens (including phenoxy) is 2. The maximum absolute atomic E-state index is 5.88. The number of nitrogens with zero attached hydrogens (tertiary/aromatic N) is 1. The molecule has 1 aliphatic heterocycles. The van der Waals surface area contributed by atoms with Gasteiger partial charge in [-0.05, 0) is 49.0 Å². The second-order valence-electron chi connectivity index (χ2n) is 6.31. The van der Waals surface area contributed by atoms with Crippen LogP contribution < -0.4 is 15.2 Å². The van der Waals surface area contributed by atoms with Gasteiger partial charge in [-0.2, -0.15) is 0 Å². The van der Waals surface area contributed by atoms with E-state index in [-0.39, 0.29) is 17.8 Å². The van der Waals surface area contributed by atoms with Crippen LogP contribution in [0, 0.1) is 5.41 Å². The third kappa shape index (κ3) is 4.77. The Morgan fingerprint density at radius 3 is 2.68 bits per heavy atom. The van der Waals surface area contributed by atoms with Gasteiger partial charge in [-0.1, -0.05) is 19.9 Å². The lowest BCUT2D eigenvalue weighted by Crippen LogP contribution is -2.31. The van der Waals surface area contributed by atoms with Gasteiger partial charge in [0.2, 0.25) is 0 Å². The summed E-state index contributed by atoms with van der Waals surface area (Å²) in [4.78, 5) is 2.47. The molecule has 1 aromatic rings. The maximum atomic E-state index is 5.88. The Hall–Kier alpha value is -0.970. The Balaban J connectivity index is 0.00000242. The van der Waals surface area contributed by atoms with Crippen molar-refractivity contribution in [2.24, 2.45) is 11.1 Å². The molecule has 1 atom stereocenters. The van der Waals surface area contributed by atoms with Crippen molar-refractivity contribution in [1.82, 2.24) is 4.90 Å². The van der Waals surface area contributed by atoms with Crippen LogP contribution >= 0.6 is 12.4 Å². The van der Waals surface area contributed by atoms with Crippen molar-refractivity contribution < 1.29 is 9.47 Å². The lowest BCUT2D eigenvalue weighted by Gasteiger charge is -2.23. The normalized spacial score (nSPS) is 21.5. The summed E-state index contributed by atoms with van der Waals surface area (Å²) in [6.45, 7) is 8.99. The molecule has 1 unspecified atom stereocenters. The Labute approximate surface area is 140 Å². The van der Waals surface area contributed by atoms with Gasteiger partial charge < -0.3 is 15.2 Å². The van der Waals surface area contributed by atoms with Crippen LogP contribution in [-0.2, 0) is 6.54 Å². The molecule has 0 aliphatic carbocycles. The number of methoxy groups -OCH3 is 1. The van der Waals surface area contributed by atoms with E-state index < -0.39 is 0 Å². The van der Waals surface area contributed by atoms with E-state index >= 15 is 0 Å². The smallest absolute Gasteiger partial charge is 0.161 e. The van der Waals surface area contributed by atoms with Gasteiger partial charge in [-0.15, -0.1) is 12.4 Å². The lowest BCUT2D eigenvalue weighted by molar-refractivity contribution is 0.272. The fourth-order valence-corrected chi connectivity index (χ4v) is 2.83. The molecule has 1 fully saturated rings. The van der Waals surface area contributed by atoms with Crippen LogP contribution in [0.1, 0.15) is 32.3 Å². The molecular weight excluding hydrogens is 300 g/mol. The summed E-state index contributed by atoms with van der Waals surface area (Å²) in [7, 11) is 1.68. The van der Waals surface area contributed by atoms with E-state index in [1.807, 2.05) is 6.07 Å². The van der Waals surface area contributed by atoms with Crippen molar-refractivity contribution in [3.63, 3.8) is 0 Å². The minimum atomic E-state index is 0. The first-order valence-electron chi connectivity index (χ1n) is 7.82. The van der Waals surface area contributed by atoms with Crippen LogP contribution in [0.4, 0.5) is 0 Å². The van der Waals surface area contributed by atoms with Crippen LogP contribution in [0.25, 0.3) is 0 Å². The quantitative estimate of drug-likeness (QED) is 0.835. The minimum absolute atomic E-state index is 0. The molecule has 1 heterocycles. The van der Waals surface area contributed by atoms with Crippen LogP contribution in [0.2, 0.25) is 0 Å². The van der Waals surface area contributed by atoms with Gasteiger partial charge in [-0.3, -0.25) is 4.90 Å². The molecule has 0 aromatic heterocycles. The molecule has 0 radical (unpaired) electrons. The number of halogens is 1. The number of hydrogen-bond acceptors (Lipinski definition) is 4. The van der Waals surface area contributed by atoms with E-state index in [9.17, 15) is 0 Å². The van der Waals surface area contributed by atoms with Gasteiger partial charge in [-0.25, -0.2) is 0 Å². The average molecular weight is 329 g/mol. The van der Waals surface area contributed by atoms with E-state index in [2.05, 4.69) is 30.9 Å². The number of nitrogens with two attached hydrogens (primary N) is 1. The minimum Gasteiger partial charge on any atom is -0.493 e. The molecule has 0 saturated carbocycles. The highest BCUT2D eigenvalue weighted by Crippen LogP contribution is 2.32. The fraction of sp³-hybridized carbons (Fsp3) is 0.647. The summed E-state index contributed by atoms with van der Waals surface area (Å²) in [5.41, 5.74) is 7.42. The second kappa shape index (κ2) is 8.61. The fourth-order valence-electron chi connectivity index (χ4n) is 2.83. The zero-order chi connectivity index (χ0) is 15.3. The summed E-state index contributed by atoms with van der Waals surface area (Å²) < 4.78 is 11.1. The summed E-state index contributed by atoms with van der Waals surface area (Å²) in [6.07, 6.45) is 2.17. The van der Waals surface area contributed by atoms with E-state index in [4.69, 9.17) is 15.2 Å². The van der Waals surface area contributed by atoms with Gasteiger partial charge >= 0.3 is 0 Å². The zero-order valence-corrected chi connectivity index (χ0v) is 14.7. The molecule has 2 rings (SSSR count). The summed E-state index contributed by atoms with van der Waals surface area (Å²) >= 11 is 0. The van der Waals surface area contributed by atoms with Crippen molar-refractivity contribution >= 4 is 12.4 Å². The molecule has 0 bridgehead atoms. The predicted molar refractivity (Wildman–Crippen MR) is 93.1 cm³/mol. The third-order valence-corrected chi connectivity index (χ3v) is 4.23. The lowest BCUT2D eigenvalue weighted by atomic mass is 9.90. The second-order valence-corrected chi connectivity index (χ2v) is 6.31. The molecule has 1 aliphatic rings. The average Bonchev–Trinajstić information content (AvgIpc) is 2.87. The number of rotatable bonds is 7. The maximum Gasteiger partial charge on any atom is 0.161 e. The van der Waals surface area contributed by atoms with Crippen molar-refractivity contribution in [3.8, 4) is 11.5 Å². The standard InChI is InChI=1S/C17H28N2O2.ClH/c1-4-9-21-16-10-14(5-6-15(16)20-3)11-19-8-7-17(2,12-18)13-19;/h5-6,10H,4,7-9,11-13,18H2,1-3H3;1H. The molecule has 1 saturated heterocycles. The Morgan fingerprint density at radius 2 is 2.09 bits per heavy atom. The van der Waals surface area contributed by atoms with Crippen LogP contribution in [-0.4, -0.2) is 38.3 Å². The van der Waals surface area contributed by atoms with E-state index in [1.165, 1.54) is 12.0 Å². The van der Waals surface area contributed by atoms with Gasteiger partial charge in [0, 0.05) is 13.1 Å². The molecule has 1 aromatic carbocycles. The predicted octanol–water partition coefficient (Wildman–Crippen LogP) is 3.08. The molecular formula is C17H29ClN2O2.